The number of likely N-dealkylation sites (tertiary alicyclic amines) is 1. The van der Waals surface area contributed by atoms with E-state index >= 15 is 0 Å². The van der Waals surface area contributed by atoms with E-state index < -0.39 is 30.2 Å². The van der Waals surface area contributed by atoms with Crippen LogP contribution in [-0.4, -0.2) is 48.7 Å². The van der Waals surface area contributed by atoms with E-state index in [4.69, 9.17) is 14.2 Å². The lowest BCUT2D eigenvalue weighted by atomic mass is 10.0. The average Bonchev–Trinajstić information content (AvgIpc) is 2.59. The lowest BCUT2D eigenvalue weighted by Crippen LogP contribution is -2.53. The van der Waals surface area contributed by atoms with E-state index in [9.17, 15) is 14.4 Å². The number of hydrogen-bond acceptors (Lipinski definition) is 6. The Morgan fingerprint density at radius 2 is 1.88 bits per heavy atom. The second kappa shape index (κ2) is 8.33. The number of esters is 2. The van der Waals surface area contributed by atoms with Crippen LogP contribution < -0.4 is 0 Å². The third-order valence-electron chi connectivity index (χ3n) is 3.78. The van der Waals surface area contributed by atoms with Gasteiger partial charge >= 0.3 is 18.0 Å². The van der Waals surface area contributed by atoms with E-state index in [0.29, 0.717) is 12.8 Å². The van der Waals surface area contributed by atoms with Crippen LogP contribution >= 0.6 is 0 Å². The first-order valence-electron chi connectivity index (χ1n) is 7.73. The fraction of sp³-hybridized carbons (Fsp3) is 0.471. The molecular formula is C17H21NO6. The maximum atomic E-state index is 12.4. The van der Waals surface area contributed by atoms with Gasteiger partial charge in [-0.05, 0) is 18.4 Å². The van der Waals surface area contributed by atoms with E-state index in [1.165, 1.54) is 18.9 Å². The summed E-state index contributed by atoms with van der Waals surface area (Å²) in [6.45, 7) is 1.51. The van der Waals surface area contributed by atoms with Crippen molar-refractivity contribution in [2.75, 3.05) is 13.7 Å². The van der Waals surface area contributed by atoms with Crippen LogP contribution in [0.3, 0.4) is 0 Å². The fourth-order valence-corrected chi connectivity index (χ4v) is 2.65. The van der Waals surface area contributed by atoms with Crippen molar-refractivity contribution in [2.45, 2.75) is 38.5 Å². The van der Waals surface area contributed by atoms with Gasteiger partial charge in [0.1, 0.15) is 18.8 Å². The van der Waals surface area contributed by atoms with Crippen LogP contribution in [0.1, 0.15) is 25.3 Å². The van der Waals surface area contributed by atoms with Gasteiger partial charge in [0.05, 0.1) is 13.7 Å². The Morgan fingerprint density at radius 3 is 2.50 bits per heavy atom. The van der Waals surface area contributed by atoms with Crippen LogP contribution in [0.25, 0.3) is 0 Å². The summed E-state index contributed by atoms with van der Waals surface area (Å²) in [7, 11) is 1.27. The van der Waals surface area contributed by atoms with Crippen LogP contribution in [0, 0.1) is 0 Å². The molecule has 0 bridgehead atoms. The molecule has 0 radical (unpaired) electrons. The largest absolute Gasteiger partial charge is 0.467 e. The first kappa shape index (κ1) is 17.8. The third kappa shape index (κ3) is 4.71. The number of carbonyl (C=O) groups is 3. The molecule has 1 aliphatic rings. The number of methoxy groups -OCH3 is 1. The summed E-state index contributed by atoms with van der Waals surface area (Å²) >= 11 is 0. The van der Waals surface area contributed by atoms with Crippen molar-refractivity contribution in [3.63, 3.8) is 0 Å². The van der Waals surface area contributed by atoms with E-state index in [1.807, 2.05) is 30.3 Å². The molecule has 24 heavy (non-hydrogen) atoms. The molecule has 7 nitrogen and oxygen atoms in total. The first-order valence-corrected chi connectivity index (χ1v) is 7.73. The number of amides is 1. The molecule has 1 aliphatic heterocycles. The van der Waals surface area contributed by atoms with Crippen molar-refractivity contribution in [2.24, 2.45) is 0 Å². The van der Waals surface area contributed by atoms with Crippen molar-refractivity contribution in [1.82, 2.24) is 4.90 Å². The number of rotatable bonds is 4. The van der Waals surface area contributed by atoms with Gasteiger partial charge in [0.25, 0.3) is 0 Å². The highest BCUT2D eigenvalue weighted by molar-refractivity contribution is 5.81. The molecule has 2 rings (SSSR count). The summed E-state index contributed by atoms with van der Waals surface area (Å²) in [4.78, 5) is 36.7. The normalized spacial score (nSPS) is 20.2. The molecule has 1 amide bonds. The van der Waals surface area contributed by atoms with Crippen LogP contribution in [0.2, 0.25) is 0 Å². The Labute approximate surface area is 140 Å². The molecule has 0 aliphatic carbocycles. The minimum Gasteiger partial charge on any atom is -0.467 e. The van der Waals surface area contributed by atoms with Gasteiger partial charge in [0.2, 0.25) is 0 Å². The lowest BCUT2D eigenvalue weighted by Gasteiger charge is -2.36. The summed E-state index contributed by atoms with van der Waals surface area (Å²) in [5.41, 5.74) is 0.842. The highest BCUT2D eigenvalue weighted by atomic mass is 16.6. The monoisotopic (exact) mass is 335 g/mol. The number of benzene rings is 1. The minimum atomic E-state index is -0.731. The molecule has 1 fully saturated rings. The van der Waals surface area contributed by atoms with Gasteiger partial charge in [0.15, 0.2) is 0 Å². The molecule has 2 atom stereocenters. The predicted octanol–water partition coefficient (Wildman–Crippen LogP) is 1.89. The zero-order valence-electron chi connectivity index (χ0n) is 13.8. The van der Waals surface area contributed by atoms with Gasteiger partial charge in [0, 0.05) is 6.92 Å². The maximum Gasteiger partial charge on any atom is 0.410 e. The third-order valence-corrected chi connectivity index (χ3v) is 3.78. The van der Waals surface area contributed by atoms with E-state index in [1.54, 1.807) is 0 Å². The smallest absolute Gasteiger partial charge is 0.410 e. The van der Waals surface area contributed by atoms with E-state index in [2.05, 4.69) is 0 Å². The topological polar surface area (TPSA) is 82.1 Å². The maximum absolute atomic E-state index is 12.4. The quantitative estimate of drug-likeness (QED) is 0.617. The number of ether oxygens (including phenoxy) is 3. The van der Waals surface area contributed by atoms with Gasteiger partial charge in [-0.3, -0.25) is 9.69 Å². The Balaban J connectivity index is 2.03. The zero-order chi connectivity index (χ0) is 17.5. The molecule has 130 valence electrons. The second-order valence-electron chi connectivity index (χ2n) is 5.54. The van der Waals surface area contributed by atoms with Gasteiger partial charge in [-0.25, -0.2) is 9.59 Å². The highest BCUT2D eigenvalue weighted by Crippen LogP contribution is 2.22. The number of hydrogen-bond donors (Lipinski definition) is 0. The Morgan fingerprint density at radius 1 is 1.17 bits per heavy atom. The van der Waals surface area contributed by atoms with Crippen LogP contribution in [0.5, 0.6) is 0 Å². The summed E-state index contributed by atoms with van der Waals surface area (Å²) < 4.78 is 15.2. The SMILES string of the molecule is COC(=O)[C@@H]1CC[C@@H](OC(C)=O)CN1C(=O)OCc1ccccc1. The Bertz CT molecular complexity index is 588. The summed E-state index contributed by atoms with van der Waals surface area (Å²) in [6, 6.07) is 8.50. The Kier molecular flexibility index (Phi) is 6.17. The van der Waals surface area contributed by atoms with Crippen molar-refractivity contribution < 1.29 is 28.6 Å². The van der Waals surface area contributed by atoms with Crippen molar-refractivity contribution in [3.05, 3.63) is 35.9 Å². The highest BCUT2D eigenvalue weighted by Gasteiger charge is 2.38. The van der Waals surface area contributed by atoms with Crippen LogP contribution in [0.4, 0.5) is 4.79 Å². The number of piperidine rings is 1. The molecule has 0 N–H and O–H groups in total. The van der Waals surface area contributed by atoms with E-state index in [-0.39, 0.29) is 13.2 Å². The minimum absolute atomic E-state index is 0.0995. The van der Waals surface area contributed by atoms with Gasteiger partial charge in [-0.15, -0.1) is 0 Å². The molecule has 7 heteroatoms. The van der Waals surface area contributed by atoms with Crippen LogP contribution in [-0.2, 0) is 30.4 Å². The molecule has 0 unspecified atom stereocenters. The fourth-order valence-electron chi connectivity index (χ4n) is 2.65. The zero-order valence-corrected chi connectivity index (χ0v) is 13.8. The Hall–Kier alpha value is -2.57. The molecule has 1 heterocycles. The number of nitrogens with zero attached hydrogens (tertiary/aromatic N) is 1. The predicted molar refractivity (Wildman–Crippen MR) is 83.9 cm³/mol. The molecule has 0 saturated carbocycles. The van der Waals surface area contributed by atoms with Gasteiger partial charge in [-0.1, -0.05) is 30.3 Å². The lowest BCUT2D eigenvalue weighted by molar-refractivity contribution is -0.154. The van der Waals surface area contributed by atoms with Crippen molar-refractivity contribution >= 4 is 18.0 Å². The van der Waals surface area contributed by atoms with Crippen LogP contribution in [0.15, 0.2) is 30.3 Å². The van der Waals surface area contributed by atoms with Gasteiger partial charge < -0.3 is 14.2 Å². The van der Waals surface area contributed by atoms with Crippen molar-refractivity contribution in [3.8, 4) is 0 Å². The number of carbonyl (C=O) groups excluding carboxylic acids is 3. The molecule has 0 spiro atoms. The molecular weight excluding hydrogens is 314 g/mol. The average molecular weight is 335 g/mol. The van der Waals surface area contributed by atoms with Gasteiger partial charge in [-0.2, -0.15) is 0 Å². The first-order chi connectivity index (χ1) is 11.5. The second-order valence-corrected chi connectivity index (χ2v) is 5.54. The molecule has 1 saturated heterocycles. The summed E-state index contributed by atoms with van der Waals surface area (Å²) in [6.07, 6.45) is -0.244. The standard InChI is InChI=1S/C17H21NO6/c1-12(19)24-14-8-9-15(16(20)22-2)18(10-14)17(21)23-11-13-6-4-3-5-7-13/h3-7,14-15H,8-11H2,1-2H3/t14-,15+/m1/s1. The van der Waals surface area contributed by atoms with Crippen molar-refractivity contribution in [1.29, 1.82) is 0 Å². The molecule has 0 aromatic heterocycles. The molecule has 1 aromatic carbocycles. The van der Waals surface area contributed by atoms with E-state index in [0.717, 1.165) is 5.56 Å². The molecule has 1 aromatic rings. The summed E-state index contributed by atoms with van der Waals surface area (Å²) in [5.74, 6) is -0.929. The summed E-state index contributed by atoms with van der Waals surface area (Å²) in [5, 5.41) is 0.